The van der Waals surface area contributed by atoms with E-state index in [1.807, 2.05) is 0 Å². The molecule has 0 aliphatic carbocycles. The van der Waals surface area contributed by atoms with Gasteiger partial charge in [0.05, 0.1) is 11.6 Å². The molecule has 0 bridgehead atoms. The third-order valence-corrected chi connectivity index (χ3v) is 6.12. The van der Waals surface area contributed by atoms with E-state index in [9.17, 15) is 5.26 Å². The highest BCUT2D eigenvalue weighted by atomic mass is 14.3. The molecule has 0 N–H and O–H groups in total. The molecule has 0 saturated heterocycles. The van der Waals surface area contributed by atoms with Crippen LogP contribution in [-0.2, 0) is 0 Å². The van der Waals surface area contributed by atoms with Gasteiger partial charge in [-0.25, -0.2) is 0 Å². The Balaban J connectivity index is 2.07. The summed E-state index contributed by atoms with van der Waals surface area (Å²) >= 11 is 0. The molecule has 0 aliphatic rings. The predicted octanol–water partition coefficient (Wildman–Crippen LogP) is 6.79. The second kappa shape index (κ2) is 3.95. The predicted molar refractivity (Wildman–Crippen MR) is 110 cm³/mol. The van der Waals surface area contributed by atoms with Crippen molar-refractivity contribution in [3.8, 4) is 6.07 Å². The van der Waals surface area contributed by atoms with Gasteiger partial charge < -0.3 is 0 Å². The lowest BCUT2D eigenvalue weighted by Gasteiger charge is -2.20. The summed E-state index contributed by atoms with van der Waals surface area (Å²) in [5.74, 6) is 0. The average molecular weight is 325 g/mol. The van der Waals surface area contributed by atoms with E-state index in [1.165, 1.54) is 53.9 Å². The lowest BCUT2D eigenvalue weighted by Crippen LogP contribution is -1.93. The van der Waals surface area contributed by atoms with Crippen LogP contribution in [0, 0.1) is 11.3 Å². The molecule has 116 valence electrons. The molecule has 1 heteroatoms. The van der Waals surface area contributed by atoms with Crippen molar-refractivity contribution in [2.75, 3.05) is 0 Å². The van der Waals surface area contributed by atoms with Gasteiger partial charge in [-0.1, -0.05) is 60.7 Å². The number of rotatable bonds is 0. The van der Waals surface area contributed by atoms with E-state index >= 15 is 0 Å². The van der Waals surface area contributed by atoms with Gasteiger partial charge in [0.1, 0.15) is 0 Å². The maximum absolute atomic E-state index is 9.74. The summed E-state index contributed by atoms with van der Waals surface area (Å²) in [6.45, 7) is 0. The number of nitrogens with zero attached hydrogens (tertiary/aromatic N) is 1. The van der Waals surface area contributed by atoms with Crippen LogP contribution in [0.2, 0.25) is 0 Å². The summed E-state index contributed by atoms with van der Waals surface area (Å²) in [7, 11) is 0. The first-order chi connectivity index (χ1) is 12.8. The van der Waals surface area contributed by atoms with Crippen LogP contribution in [0.4, 0.5) is 0 Å². The van der Waals surface area contributed by atoms with E-state index in [4.69, 9.17) is 0 Å². The molecule has 0 saturated carbocycles. The zero-order valence-corrected chi connectivity index (χ0v) is 13.8. The minimum atomic E-state index is 0.761. The molecule has 7 rings (SSSR count). The van der Waals surface area contributed by atoms with E-state index in [0.29, 0.717) is 0 Å². The molecule has 7 aromatic carbocycles. The van der Waals surface area contributed by atoms with E-state index in [0.717, 1.165) is 16.3 Å². The maximum atomic E-state index is 9.74. The van der Waals surface area contributed by atoms with E-state index < -0.39 is 0 Å². The third kappa shape index (κ3) is 1.21. The fourth-order valence-electron chi connectivity index (χ4n) is 5.08. The van der Waals surface area contributed by atoms with E-state index in [2.05, 4.69) is 72.8 Å². The van der Waals surface area contributed by atoms with Crippen LogP contribution in [0.3, 0.4) is 0 Å². The van der Waals surface area contributed by atoms with E-state index in [-0.39, 0.29) is 0 Å². The Morgan fingerprint density at radius 3 is 1.35 bits per heavy atom. The molecule has 0 spiro atoms. The first-order valence-electron chi connectivity index (χ1n) is 8.85. The first-order valence-corrected chi connectivity index (χ1v) is 8.85. The van der Waals surface area contributed by atoms with Crippen LogP contribution < -0.4 is 0 Å². The monoisotopic (exact) mass is 325 g/mol. The lowest BCUT2D eigenvalue weighted by molar-refractivity contribution is 1.51. The van der Waals surface area contributed by atoms with Crippen LogP contribution in [0.5, 0.6) is 0 Å². The smallest absolute Gasteiger partial charge is 0.0998 e. The summed E-state index contributed by atoms with van der Waals surface area (Å²) < 4.78 is 0. The molecule has 0 fully saturated rings. The molecule has 26 heavy (non-hydrogen) atoms. The Morgan fingerprint density at radius 2 is 0.846 bits per heavy atom. The van der Waals surface area contributed by atoms with E-state index in [1.54, 1.807) is 0 Å². The number of hydrogen-bond acceptors (Lipinski definition) is 1. The van der Waals surface area contributed by atoms with Gasteiger partial charge in [0.2, 0.25) is 0 Å². The van der Waals surface area contributed by atoms with Gasteiger partial charge >= 0.3 is 0 Å². The largest absolute Gasteiger partial charge is 0.192 e. The van der Waals surface area contributed by atoms with Gasteiger partial charge in [-0.2, -0.15) is 5.26 Å². The van der Waals surface area contributed by atoms with Crippen LogP contribution in [0.1, 0.15) is 5.56 Å². The number of benzene rings is 7. The number of hydrogen-bond donors (Lipinski definition) is 0. The fourth-order valence-corrected chi connectivity index (χ4v) is 5.08. The summed E-state index contributed by atoms with van der Waals surface area (Å²) in [5.41, 5.74) is 0.761. The van der Waals surface area contributed by atoms with Gasteiger partial charge in [-0.05, 0) is 65.3 Å². The SMILES string of the molecule is N#Cc1cc2ccc3ccc4ccc5ccc6ccc1c1c6c5c4c3c21. The van der Waals surface area contributed by atoms with Crippen molar-refractivity contribution < 1.29 is 0 Å². The Bertz CT molecular complexity index is 1620. The Kier molecular flexibility index (Phi) is 1.93. The summed E-state index contributed by atoms with van der Waals surface area (Å²) in [5, 5.41) is 25.0. The van der Waals surface area contributed by atoms with Crippen molar-refractivity contribution in [1.82, 2.24) is 0 Å². The highest BCUT2D eigenvalue weighted by Crippen LogP contribution is 2.48. The zero-order chi connectivity index (χ0) is 17.0. The molecular weight excluding hydrogens is 314 g/mol. The molecule has 0 amide bonds. The molecule has 0 aliphatic heterocycles. The molecule has 0 aromatic heterocycles. The van der Waals surface area contributed by atoms with Gasteiger partial charge in [0, 0.05) is 5.39 Å². The minimum Gasteiger partial charge on any atom is -0.192 e. The third-order valence-electron chi connectivity index (χ3n) is 6.12. The lowest BCUT2D eigenvalue weighted by atomic mass is 9.82. The van der Waals surface area contributed by atoms with Crippen molar-refractivity contribution in [1.29, 1.82) is 5.26 Å². The van der Waals surface area contributed by atoms with Crippen molar-refractivity contribution in [3.63, 3.8) is 0 Å². The molecule has 0 unspecified atom stereocenters. The topological polar surface area (TPSA) is 23.8 Å². The molecule has 0 heterocycles. The highest BCUT2D eigenvalue weighted by Gasteiger charge is 2.20. The second-order valence-electron chi connectivity index (χ2n) is 7.28. The minimum absolute atomic E-state index is 0.761. The normalized spacial score (nSPS) is 12.6. The van der Waals surface area contributed by atoms with Gasteiger partial charge in [0.25, 0.3) is 0 Å². The highest BCUT2D eigenvalue weighted by molar-refractivity contribution is 6.44. The van der Waals surface area contributed by atoms with Crippen molar-refractivity contribution in [3.05, 3.63) is 72.3 Å². The molecule has 1 nitrogen and oxygen atoms in total. The summed E-state index contributed by atoms with van der Waals surface area (Å²) in [6.07, 6.45) is 0. The van der Waals surface area contributed by atoms with Gasteiger partial charge in [0.15, 0.2) is 0 Å². The zero-order valence-electron chi connectivity index (χ0n) is 13.8. The summed E-state index contributed by atoms with van der Waals surface area (Å²) in [6, 6.07) is 26.5. The van der Waals surface area contributed by atoms with Crippen LogP contribution >= 0.6 is 0 Å². The molecule has 0 atom stereocenters. The molecular formula is C25H11N. The van der Waals surface area contributed by atoms with Gasteiger partial charge in [-0.3, -0.25) is 0 Å². The molecule has 7 aromatic rings. The van der Waals surface area contributed by atoms with Crippen LogP contribution in [0.25, 0.3) is 64.6 Å². The average Bonchev–Trinajstić information content (AvgIpc) is 2.71. The van der Waals surface area contributed by atoms with Crippen LogP contribution in [0.15, 0.2) is 66.7 Å². The maximum Gasteiger partial charge on any atom is 0.0998 e. The fraction of sp³-hybridized carbons (Fsp3) is 0. The van der Waals surface area contributed by atoms with Crippen LogP contribution in [-0.4, -0.2) is 0 Å². The second-order valence-corrected chi connectivity index (χ2v) is 7.28. The molecule has 0 radical (unpaired) electrons. The van der Waals surface area contributed by atoms with Crippen molar-refractivity contribution in [2.45, 2.75) is 0 Å². The summed E-state index contributed by atoms with van der Waals surface area (Å²) in [4.78, 5) is 0. The number of nitriles is 1. The van der Waals surface area contributed by atoms with Gasteiger partial charge in [-0.15, -0.1) is 0 Å². The van der Waals surface area contributed by atoms with Crippen molar-refractivity contribution >= 4 is 64.6 Å². The van der Waals surface area contributed by atoms with Crippen molar-refractivity contribution in [2.24, 2.45) is 0 Å². The Morgan fingerprint density at radius 1 is 0.462 bits per heavy atom. The first kappa shape index (κ1) is 12.7. The Labute approximate surface area is 148 Å². The Hall–Kier alpha value is -3.63. The quantitative estimate of drug-likeness (QED) is 0.222. The standard InChI is InChI=1S/C25H11N/c26-12-18-11-17-8-7-15-4-2-13-1-3-14-5-6-16-9-10-19(18)25-23(16)21(14)20(13)22(15)24(17)25/h1-11H.